The Labute approximate surface area is 163 Å². The van der Waals surface area contributed by atoms with Crippen molar-refractivity contribution < 1.29 is 9.90 Å². The molecule has 1 aliphatic heterocycles. The number of aromatic hydroxyl groups is 1. The summed E-state index contributed by atoms with van der Waals surface area (Å²) in [5.74, 6) is 0.0657. The minimum Gasteiger partial charge on any atom is -0.493 e. The summed E-state index contributed by atoms with van der Waals surface area (Å²) in [6, 6.07) is 11.4. The van der Waals surface area contributed by atoms with Crippen LogP contribution >= 0.6 is 0 Å². The highest BCUT2D eigenvalue weighted by Crippen LogP contribution is 2.38. The fourth-order valence-corrected chi connectivity index (χ4v) is 3.91. The number of hydrogen-bond donors (Lipinski definition) is 2. The molecule has 3 aromatic rings. The van der Waals surface area contributed by atoms with Crippen LogP contribution in [0.2, 0.25) is 0 Å². The molecule has 1 aromatic heterocycles. The van der Waals surface area contributed by atoms with Gasteiger partial charge in [0.15, 0.2) is 5.69 Å². The summed E-state index contributed by atoms with van der Waals surface area (Å²) in [4.78, 5) is 17.5. The number of hydrogen-bond acceptors (Lipinski definition) is 4. The Bertz CT molecular complexity index is 1070. The van der Waals surface area contributed by atoms with Crippen molar-refractivity contribution in [3.8, 4) is 5.88 Å². The summed E-state index contributed by atoms with van der Waals surface area (Å²) in [7, 11) is 0. The average Bonchev–Trinajstić information content (AvgIpc) is 3.23. The maximum absolute atomic E-state index is 12.6. The van der Waals surface area contributed by atoms with Gasteiger partial charge in [0.05, 0.1) is 11.2 Å². The largest absolute Gasteiger partial charge is 0.493 e. The number of H-pyrrole nitrogens is 1. The van der Waals surface area contributed by atoms with Gasteiger partial charge in [0.1, 0.15) is 0 Å². The molecule has 0 radical (unpaired) electrons. The van der Waals surface area contributed by atoms with E-state index in [4.69, 9.17) is 0 Å². The second kappa shape index (κ2) is 7.11. The normalized spacial score (nSPS) is 17.1. The third-order valence-corrected chi connectivity index (χ3v) is 5.40. The molecule has 0 aliphatic carbocycles. The van der Waals surface area contributed by atoms with Gasteiger partial charge < -0.3 is 15.0 Å². The number of benzene rings is 2. The van der Waals surface area contributed by atoms with Crippen LogP contribution in [-0.2, 0) is 0 Å². The van der Waals surface area contributed by atoms with Crippen molar-refractivity contribution in [2.45, 2.75) is 39.7 Å². The summed E-state index contributed by atoms with van der Waals surface area (Å²) in [5, 5.41) is 19.6. The lowest BCUT2D eigenvalue weighted by molar-refractivity contribution is 0.0747. The van der Waals surface area contributed by atoms with E-state index < -0.39 is 0 Å². The molecule has 0 unspecified atom stereocenters. The van der Waals surface area contributed by atoms with Crippen LogP contribution in [0.1, 0.15) is 41.3 Å². The number of nitrogens with zero attached hydrogens (tertiary/aromatic N) is 3. The number of carbonyl (C=O) groups is 1. The van der Waals surface area contributed by atoms with E-state index in [0.717, 1.165) is 41.4 Å². The van der Waals surface area contributed by atoms with Gasteiger partial charge in [-0.3, -0.25) is 4.79 Å². The number of aromatic amines is 1. The van der Waals surface area contributed by atoms with Gasteiger partial charge in [-0.15, -0.1) is 5.11 Å². The molecule has 0 saturated carbocycles. The molecular formula is C22H24N4O2. The highest BCUT2D eigenvalue weighted by molar-refractivity contribution is 5.96. The molecule has 1 fully saturated rings. The Morgan fingerprint density at radius 3 is 2.61 bits per heavy atom. The third kappa shape index (κ3) is 3.26. The topological polar surface area (TPSA) is 81.0 Å². The highest BCUT2D eigenvalue weighted by atomic mass is 16.3. The van der Waals surface area contributed by atoms with Crippen molar-refractivity contribution in [2.24, 2.45) is 10.2 Å². The molecule has 4 rings (SSSR count). The number of nitrogens with one attached hydrogen (secondary N) is 1. The van der Waals surface area contributed by atoms with Crippen LogP contribution in [-0.4, -0.2) is 33.5 Å². The lowest BCUT2D eigenvalue weighted by Crippen LogP contribution is -2.33. The number of likely N-dealkylation sites (tertiary alicyclic amines) is 1. The molecule has 0 bridgehead atoms. The van der Waals surface area contributed by atoms with E-state index in [1.54, 1.807) is 24.3 Å². The first-order chi connectivity index (χ1) is 13.4. The van der Waals surface area contributed by atoms with Crippen LogP contribution in [0.4, 0.5) is 11.4 Å². The molecule has 2 N–H and O–H groups in total. The van der Waals surface area contributed by atoms with E-state index >= 15 is 0 Å². The predicted molar refractivity (Wildman–Crippen MR) is 110 cm³/mol. The number of fused-ring (bicyclic) bond motifs is 1. The Balaban J connectivity index is 1.58. The fourth-order valence-electron chi connectivity index (χ4n) is 3.91. The van der Waals surface area contributed by atoms with Crippen molar-refractivity contribution in [2.75, 3.05) is 6.54 Å². The Morgan fingerprint density at radius 1 is 1.18 bits per heavy atom. The zero-order chi connectivity index (χ0) is 19.8. The monoisotopic (exact) mass is 376 g/mol. The molecule has 1 aliphatic rings. The quantitative estimate of drug-likeness (QED) is 0.589. The summed E-state index contributed by atoms with van der Waals surface area (Å²) < 4.78 is 0. The van der Waals surface area contributed by atoms with E-state index in [1.807, 2.05) is 24.8 Å². The standard InChI is InChI=1S/C22H24N4O2/c1-13-11-14(2)19-18(12-13)20(21(27)23-19)25-24-17-8-6-16(7-9-17)22(28)26-10-4-5-15(26)3/h6-9,11-12,15,23,27H,4-5,10H2,1-3H3/t15-/m0/s1. The van der Waals surface area contributed by atoms with Crippen molar-refractivity contribution in [1.29, 1.82) is 0 Å². The van der Waals surface area contributed by atoms with Gasteiger partial charge >= 0.3 is 0 Å². The van der Waals surface area contributed by atoms with Crippen molar-refractivity contribution >= 4 is 28.2 Å². The molecule has 1 amide bonds. The number of aromatic nitrogens is 1. The second-order valence-electron chi connectivity index (χ2n) is 7.56. The maximum atomic E-state index is 12.6. The van der Waals surface area contributed by atoms with Crippen LogP contribution in [0.3, 0.4) is 0 Å². The summed E-state index contributed by atoms with van der Waals surface area (Å²) in [5.41, 5.74) is 4.72. The third-order valence-electron chi connectivity index (χ3n) is 5.40. The lowest BCUT2D eigenvalue weighted by atomic mass is 10.1. The first-order valence-corrected chi connectivity index (χ1v) is 9.58. The fraction of sp³-hybridized carbons (Fsp3) is 0.318. The van der Waals surface area contributed by atoms with Crippen LogP contribution in [0.5, 0.6) is 5.88 Å². The van der Waals surface area contributed by atoms with Gasteiger partial charge in [-0.1, -0.05) is 11.6 Å². The number of azo groups is 1. The number of aryl methyl sites for hydroxylation is 2. The van der Waals surface area contributed by atoms with Gasteiger partial charge in [0.25, 0.3) is 5.91 Å². The first kappa shape index (κ1) is 18.2. The zero-order valence-electron chi connectivity index (χ0n) is 16.4. The predicted octanol–water partition coefficient (Wildman–Crippen LogP) is 5.53. The molecule has 144 valence electrons. The van der Waals surface area contributed by atoms with Crippen LogP contribution in [0, 0.1) is 13.8 Å². The minimum atomic E-state index is 0.00210. The van der Waals surface area contributed by atoms with E-state index in [1.165, 1.54) is 0 Å². The van der Waals surface area contributed by atoms with Crippen LogP contribution < -0.4 is 0 Å². The minimum absolute atomic E-state index is 0.00210. The average molecular weight is 376 g/mol. The van der Waals surface area contributed by atoms with Crippen molar-refractivity contribution in [3.05, 3.63) is 53.1 Å². The summed E-state index contributed by atoms with van der Waals surface area (Å²) in [6.45, 7) is 6.91. The van der Waals surface area contributed by atoms with Crippen molar-refractivity contribution in [3.63, 3.8) is 0 Å². The Morgan fingerprint density at radius 2 is 1.93 bits per heavy atom. The number of rotatable bonds is 3. The van der Waals surface area contributed by atoms with Crippen LogP contribution in [0.15, 0.2) is 46.6 Å². The highest BCUT2D eigenvalue weighted by Gasteiger charge is 2.25. The molecule has 0 spiro atoms. The second-order valence-corrected chi connectivity index (χ2v) is 7.56. The Hall–Kier alpha value is -3.15. The molecule has 28 heavy (non-hydrogen) atoms. The molecule has 1 atom stereocenters. The van der Waals surface area contributed by atoms with Crippen molar-refractivity contribution in [1.82, 2.24) is 9.88 Å². The molecule has 2 heterocycles. The van der Waals surface area contributed by atoms with Crippen LogP contribution in [0.25, 0.3) is 10.9 Å². The number of amides is 1. The van der Waals surface area contributed by atoms with Gasteiger partial charge in [-0.25, -0.2) is 0 Å². The van der Waals surface area contributed by atoms with E-state index in [2.05, 4.69) is 28.2 Å². The first-order valence-electron chi connectivity index (χ1n) is 9.58. The molecule has 1 saturated heterocycles. The van der Waals surface area contributed by atoms with Gasteiger partial charge in [-0.05, 0) is 69.5 Å². The smallest absolute Gasteiger partial charge is 0.254 e. The number of carbonyl (C=O) groups excluding carboxylic acids is 1. The molecule has 6 nitrogen and oxygen atoms in total. The van der Waals surface area contributed by atoms with Gasteiger partial charge in [-0.2, -0.15) is 5.11 Å². The SMILES string of the molecule is Cc1cc(C)c2[nH]c(O)c(N=Nc3ccc(C(=O)N4CCC[C@@H]4C)cc3)c2c1. The Kier molecular flexibility index (Phi) is 4.63. The van der Waals surface area contributed by atoms with E-state index in [-0.39, 0.29) is 11.8 Å². The summed E-state index contributed by atoms with van der Waals surface area (Å²) in [6.07, 6.45) is 2.12. The van der Waals surface area contributed by atoms with Gasteiger partial charge in [0.2, 0.25) is 5.88 Å². The molecule has 6 heteroatoms. The maximum Gasteiger partial charge on any atom is 0.254 e. The lowest BCUT2D eigenvalue weighted by Gasteiger charge is -2.21. The van der Waals surface area contributed by atoms with Gasteiger partial charge in [0, 0.05) is 23.5 Å². The molecular weight excluding hydrogens is 352 g/mol. The summed E-state index contributed by atoms with van der Waals surface area (Å²) >= 11 is 0. The molecule has 2 aromatic carbocycles. The zero-order valence-corrected chi connectivity index (χ0v) is 16.4. The van der Waals surface area contributed by atoms with E-state index in [9.17, 15) is 9.90 Å². The van der Waals surface area contributed by atoms with E-state index in [0.29, 0.717) is 23.0 Å².